The van der Waals surface area contributed by atoms with Crippen molar-refractivity contribution in [2.45, 2.75) is 13.8 Å². The molecule has 4 rings (SSSR count). The van der Waals surface area contributed by atoms with E-state index in [1.165, 1.54) is 0 Å². The highest BCUT2D eigenvalue weighted by atomic mass is 16.1. The largest absolute Gasteiger partial charge is 0.352 e. The third kappa shape index (κ3) is 3.36. The first-order valence-electron chi connectivity index (χ1n) is 9.13. The van der Waals surface area contributed by atoms with Crippen molar-refractivity contribution in [3.8, 4) is 17.1 Å². The number of rotatable bonds is 5. The summed E-state index contributed by atoms with van der Waals surface area (Å²) >= 11 is 0. The fraction of sp³-hybridized carbons (Fsp3) is 0.182. The maximum absolute atomic E-state index is 12.7. The van der Waals surface area contributed by atoms with Gasteiger partial charge in [0, 0.05) is 18.9 Å². The molecule has 0 aliphatic carbocycles. The average Bonchev–Trinajstić information content (AvgIpc) is 3.32. The van der Waals surface area contributed by atoms with Crippen molar-refractivity contribution < 1.29 is 4.79 Å². The van der Waals surface area contributed by atoms with E-state index >= 15 is 0 Å². The predicted octanol–water partition coefficient (Wildman–Crippen LogP) is 4.18. The molecule has 0 bridgehead atoms. The van der Waals surface area contributed by atoms with E-state index in [4.69, 9.17) is 5.10 Å². The molecule has 0 saturated heterocycles. The lowest BCUT2D eigenvalue weighted by atomic mass is 10.2. The van der Waals surface area contributed by atoms with Crippen LogP contribution in [0.2, 0.25) is 0 Å². The summed E-state index contributed by atoms with van der Waals surface area (Å²) in [6, 6.07) is 19.7. The van der Waals surface area contributed by atoms with Gasteiger partial charge in [-0.3, -0.25) is 4.79 Å². The number of nitrogens with zero attached hydrogens (tertiary/aromatic N) is 3. The number of pyridine rings is 1. The van der Waals surface area contributed by atoms with Crippen LogP contribution >= 0.6 is 0 Å². The lowest BCUT2D eigenvalue weighted by Crippen LogP contribution is -2.27. The van der Waals surface area contributed by atoms with E-state index in [-0.39, 0.29) is 5.91 Å². The molecule has 27 heavy (non-hydrogen) atoms. The molecule has 0 unspecified atom stereocenters. The van der Waals surface area contributed by atoms with Gasteiger partial charge in [0.1, 0.15) is 5.69 Å². The minimum atomic E-state index is -0.0545. The first kappa shape index (κ1) is 17.1. The zero-order chi connectivity index (χ0) is 18.8. The summed E-state index contributed by atoms with van der Waals surface area (Å²) in [5.41, 5.74) is 4.26. The Morgan fingerprint density at radius 3 is 2.59 bits per heavy atom. The first-order chi connectivity index (χ1) is 13.1. The Bertz CT molecular complexity index is 1080. The van der Waals surface area contributed by atoms with Crippen LogP contribution in [0.3, 0.4) is 0 Å². The van der Waals surface area contributed by atoms with Crippen LogP contribution in [0, 0.1) is 5.92 Å². The van der Waals surface area contributed by atoms with Crippen molar-refractivity contribution in [1.29, 1.82) is 0 Å². The number of fused-ring (bicyclic) bond motifs is 1. The van der Waals surface area contributed by atoms with E-state index in [2.05, 4.69) is 19.2 Å². The van der Waals surface area contributed by atoms with Crippen LogP contribution in [-0.2, 0) is 0 Å². The van der Waals surface area contributed by atoms with E-state index < -0.39 is 0 Å². The van der Waals surface area contributed by atoms with Crippen LogP contribution in [0.15, 0.2) is 73.1 Å². The summed E-state index contributed by atoms with van der Waals surface area (Å²) < 4.78 is 3.86. The van der Waals surface area contributed by atoms with Crippen LogP contribution in [0.5, 0.6) is 0 Å². The second-order valence-corrected chi connectivity index (χ2v) is 6.98. The van der Waals surface area contributed by atoms with Crippen LogP contribution in [0.4, 0.5) is 0 Å². The average molecular weight is 358 g/mol. The molecule has 0 aliphatic heterocycles. The van der Waals surface area contributed by atoms with Gasteiger partial charge in [0.2, 0.25) is 0 Å². The molecular weight excluding hydrogens is 336 g/mol. The molecule has 1 amide bonds. The number of carbonyl (C=O) groups is 1. The maximum Gasteiger partial charge on any atom is 0.253 e. The highest BCUT2D eigenvalue weighted by molar-refractivity contribution is 6.02. The van der Waals surface area contributed by atoms with Gasteiger partial charge >= 0.3 is 0 Å². The maximum atomic E-state index is 12.7. The van der Waals surface area contributed by atoms with Crippen molar-refractivity contribution in [1.82, 2.24) is 19.5 Å². The number of amides is 1. The Kier molecular flexibility index (Phi) is 4.50. The Hall–Kier alpha value is -3.34. The van der Waals surface area contributed by atoms with Gasteiger partial charge < -0.3 is 9.72 Å². The zero-order valence-electron chi connectivity index (χ0n) is 15.5. The second kappa shape index (κ2) is 7.11. The molecule has 5 nitrogen and oxygen atoms in total. The summed E-state index contributed by atoms with van der Waals surface area (Å²) in [6.45, 7) is 4.82. The van der Waals surface area contributed by atoms with Gasteiger partial charge in [-0.15, -0.1) is 0 Å². The number of hydrogen-bond acceptors (Lipinski definition) is 2. The molecule has 1 N–H and O–H groups in total. The van der Waals surface area contributed by atoms with Crippen molar-refractivity contribution in [3.05, 3.63) is 78.6 Å². The Labute approximate surface area is 158 Å². The number of nitrogens with one attached hydrogen (secondary N) is 1. The van der Waals surface area contributed by atoms with Gasteiger partial charge in [0.25, 0.3) is 5.91 Å². The summed E-state index contributed by atoms with van der Waals surface area (Å²) in [4.78, 5) is 12.7. The Morgan fingerprint density at radius 1 is 1.04 bits per heavy atom. The fourth-order valence-corrected chi connectivity index (χ4v) is 3.11. The lowest BCUT2D eigenvalue weighted by molar-refractivity contribution is 0.0951. The van der Waals surface area contributed by atoms with Gasteiger partial charge in [-0.25, -0.2) is 4.68 Å². The topological polar surface area (TPSA) is 51.3 Å². The lowest BCUT2D eigenvalue weighted by Gasteiger charge is -2.06. The van der Waals surface area contributed by atoms with Gasteiger partial charge in [0.15, 0.2) is 0 Å². The van der Waals surface area contributed by atoms with E-state index in [1.807, 2.05) is 82.1 Å². The Balaban J connectivity index is 1.75. The van der Waals surface area contributed by atoms with Gasteiger partial charge in [-0.1, -0.05) is 38.1 Å². The molecule has 3 aromatic heterocycles. The highest BCUT2D eigenvalue weighted by Crippen LogP contribution is 2.25. The van der Waals surface area contributed by atoms with Crippen molar-refractivity contribution in [2.75, 3.05) is 6.54 Å². The van der Waals surface area contributed by atoms with Crippen molar-refractivity contribution >= 4 is 11.4 Å². The fourth-order valence-electron chi connectivity index (χ4n) is 3.11. The molecule has 1 aromatic carbocycles. The number of carbonyl (C=O) groups excluding carboxylic acids is 1. The highest BCUT2D eigenvalue weighted by Gasteiger charge is 2.17. The molecule has 0 atom stereocenters. The third-order valence-corrected chi connectivity index (χ3v) is 4.46. The quantitative estimate of drug-likeness (QED) is 0.582. The van der Waals surface area contributed by atoms with Crippen LogP contribution in [0.25, 0.3) is 22.6 Å². The van der Waals surface area contributed by atoms with Crippen LogP contribution < -0.4 is 5.32 Å². The number of benzene rings is 1. The van der Waals surface area contributed by atoms with Crippen molar-refractivity contribution in [2.24, 2.45) is 5.92 Å². The second-order valence-electron chi connectivity index (χ2n) is 6.98. The molecule has 5 heteroatoms. The summed E-state index contributed by atoms with van der Waals surface area (Å²) in [6.07, 6.45) is 3.90. The summed E-state index contributed by atoms with van der Waals surface area (Å²) in [5, 5.41) is 7.72. The molecule has 0 saturated carbocycles. The SMILES string of the molecule is CC(C)CNC(=O)c1cc(-c2ccn(-c3ccccc3)n2)n2ccccc12. The molecule has 0 aliphatic rings. The van der Waals surface area contributed by atoms with E-state index in [0.717, 1.165) is 22.6 Å². The summed E-state index contributed by atoms with van der Waals surface area (Å²) in [5.74, 6) is 0.352. The number of para-hydroxylation sites is 1. The molecule has 0 fully saturated rings. The van der Waals surface area contributed by atoms with E-state index in [9.17, 15) is 4.79 Å². The van der Waals surface area contributed by atoms with Crippen LogP contribution in [0.1, 0.15) is 24.2 Å². The standard InChI is InChI=1S/C22H22N4O/c1-16(2)15-23-22(27)18-14-21(25-12-7-6-10-20(18)25)19-11-13-26(24-19)17-8-4-3-5-9-17/h3-14,16H,15H2,1-2H3,(H,23,27). The Morgan fingerprint density at radius 2 is 1.81 bits per heavy atom. The number of hydrogen-bond donors (Lipinski definition) is 1. The zero-order valence-corrected chi connectivity index (χ0v) is 15.5. The van der Waals surface area contributed by atoms with E-state index in [0.29, 0.717) is 18.0 Å². The van der Waals surface area contributed by atoms with Crippen LogP contribution in [-0.4, -0.2) is 26.6 Å². The van der Waals surface area contributed by atoms with Gasteiger partial charge in [-0.2, -0.15) is 5.10 Å². The molecular formula is C22H22N4O. The minimum Gasteiger partial charge on any atom is -0.352 e. The predicted molar refractivity (Wildman–Crippen MR) is 107 cm³/mol. The number of aromatic nitrogens is 3. The van der Waals surface area contributed by atoms with Crippen molar-refractivity contribution in [3.63, 3.8) is 0 Å². The van der Waals surface area contributed by atoms with E-state index in [1.54, 1.807) is 0 Å². The molecule has 0 spiro atoms. The van der Waals surface area contributed by atoms with Gasteiger partial charge in [-0.05, 0) is 42.3 Å². The first-order valence-corrected chi connectivity index (χ1v) is 9.13. The van der Waals surface area contributed by atoms with Gasteiger partial charge in [0.05, 0.1) is 22.5 Å². The summed E-state index contributed by atoms with van der Waals surface area (Å²) in [7, 11) is 0. The molecule has 0 radical (unpaired) electrons. The monoisotopic (exact) mass is 358 g/mol. The third-order valence-electron chi connectivity index (χ3n) is 4.46. The minimum absolute atomic E-state index is 0.0545. The molecule has 3 heterocycles. The molecule has 136 valence electrons. The normalized spacial score (nSPS) is 11.2. The molecule has 4 aromatic rings. The smallest absolute Gasteiger partial charge is 0.253 e.